The monoisotopic (exact) mass is 399 g/mol. The topological polar surface area (TPSA) is 83.2 Å². The van der Waals surface area contributed by atoms with Crippen molar-refractivity contribution in [2.75, 3.05) is 26.2 Å². The average Bonchev–Trinajstić information content (AvgIpc) is 3.29. The van der Waals surface area contributed by atoms with Crippen molar-refractivity contribution in [1.29, 1.82) is 0 Å². The lowest BCUT2D eigenvalue weighted by Crippen LogP contribution is -2.50. The molecule has 0 bridgehead atoms. The van der Waals surface area contributed by atoms with E-state index in [4.69, 9.17) is 4.42 Å². The molecular formula is C20H21N3O4S. The van der Waals surface area contributed by atoms with Crippen molar-refractivity contribution in [3.63, 3.8) is 0 Å². The minimum Gasteiger partial charge on any atom is -0.459 e. The van der Waals surface area contributed by atoms with Crippen molar-refractivity contribution in [2.24, 2.45) is 4.40 Å². The molecule has 1 aromatic heterocycles. The van der Waals surface area contributed by atoms with Gasteiger partial charge in [0.1, 0.15) is 10.7 Å². The minimum atomic E-state index is -3.74. The van der Waals surface area contributed by atoms with Crippen LogP contribution in [0.15, 0.2) is 57.0 Å². The molecule has 2 aromatic rings. The first kappa shape index (κ1) is 18.5. The molecule has 1 amide bonds. The van der Waals surface area contributed by atoms with Crippen LogP contribution in [0.3, 0.4) is 0 Å². The third-order valence-corrected chi connectivity index (χ3v) is 6.52. The lowest BCUT2D eigenvalue weighted by Gasteiger charge is -2.35. The fourth-order valence-corrected chi connectivity index (χ4v) is 5.05. The van der Waals surface area contributed by atoms with Gasteiger partial charge in [0.15, 0.2) is 5.76 Å². The van der Waals surface area contributed by atoms with Crippen LogP contribution in [0.2, 0.25) is 0 Å². The van der Waals surface area contributed by atoms with Crippen LogP contribution >= 0.6 is 0 Å². The summed E-state index contributed by atoms with van der Waals surface area (Å²) in [5.74, 6) is 0.630. The lowest BCUT2D eigenvalue weighted by atomic mass is 10.1. The van der Waals surface area contributed by atoms with E-state index in [0.29, 0.717) is 48.9 Å². The maximum absolute atomic E-state index is 12.7. The van der Waals surface area contributed by atoms with Crippen LogP contribution in [0.4, 0.5) is 0 Å². The van der Waals surface area contributed by atoms with Crippen molar-refractivity contribution < 1.29 is 17.6 Å². The third-order valence-electron chi connectivity index (χ3n) is 5.05. The van der Waals surface area contributed by atoms with Gasteiger partial charge in [-0.25, -0.2) is 0 Å². The fraction of sp³-hybridized carbons (Fsp3) is 0.300. The summed E-state index contributed by atoms with van der Waals surface area (Å²) in [5, 5.41) is 0. The number of piperazine rings is 1. The van der Waals surface area contributed by atoms with Crippen LogP contribution in [0, 0.1) is 6.92 Å². The molecule has 2 aliphatic rings. The molecule has 0 radical (unpaired) electrons. The van der Waals surface area contributed by atoms with Crippen LogP contribution in [0.5, 0.6) is 0 Å². The van der Waals surface area contributed by atoms with Crippen molar-refractivity contribution in [2.45, 2.75) is 13.8 Å². The fourth-order valence-electron chi connectivity index (χ4n) is 3.57. The van der Waals surface area contributed by atoms with E-state index in [1.807, 2.05) is 36.1 Å². The van der Waals surface area contributed by atoms with Gasteiger partial charge in [-0.1, -0.05) is 29.8 Å². The number of hydrogen-bond acceptors (Lipinski definition) is 5. The zero-order chi connectivity index (χ0) is 19.9. The number of nitrogens with zero attached hydrogens (tertiary/aromatic N) is 3. The quantitative estimate of drug-likeness (QED) is 0.775. The second kappa shape index (κ2) is 6.94. The SMILES string of the molecule is CC1=C(c2ccc(C)cc2)S(=O)(=O)N=C1N1CCN(C(=O)c2ccco2)CC1. The number of amidine groups is 1. The standard InChI is InChI=1S/C20H21N3O4S/c1-14-5-7-16(8-6-14)18-15(2)19(21-28(18,25)26)22-9-11-23(12-10-22)20(24)17-4-3-13-27-17/h3-8,13H,9-12H2,1-2H3. The molecular weight excluding hydrogens is 378 g/mol. The first-order valence-electron chi connectivity index (χ1n) is 9.08. The van der Waals surface area contributed by atoms with Gasteiger partial charge in [-0.2, -0.15) is 8.42 Å². The van der Waals surface area contributed by atoms with Gasteiger partial charge in [-0.05, 0) is 31.5 Å². The zero-order valence-electron chi connectivity index (χ0n) is 15.8. The summed E-state index contributed by atoms with van der Waals surface area (Å²) in [4.78, 5) is 16.3. The van der Waals surface area contributed by atoms with Gasteiger partial charge in [0.25, 0.3) is 15.9 Å². The predicted octanol–water partition coefficient (Wildman–Crippen LogP) is 2.52. The van der Waals surface area contributed by atoms with Gasteiger partial charge in [-0.15, -0.1) is 4.40 Å². The van der Waals surface area contributed by atoms with Crippen LogP contribution in [0.1, 0.15) is 28.6 Å². The average molecular weight is 399 g/mol. The number of hydrogen-bond donors (Lipinski definition) is 0. The zero-order valence-corrected chi connectivity index (χ0v) is 16.6. The number of sulfonamides is 1. The number of rotatable bonds is 2. The van der Waals surface area contributed by atoms with Gasteiger partial charge in [0, 0.05) is 31.8 Å². The summed E-state index contributed by atoms with van der Waals surface area (Å²) >= 11 is 0. The lowest BCUT2D eigenvalue weighted by molar-refractivity contribution is 0.0660. The highest BCUT2D eigenvalue weighted by Gasteiger charge is 2.35. The molecule has 28 heavy (non-hydrogen) atoms. The largest absolute Gasteiger partial charge is 0.459 e. The molecule has 1 saturated heterocycles. The number of aryl methyl sites for hydroxylation is 1. The highest BCUT2D eigenvalue weighted by molar-refractivity contribution is 8.00. The normalized spacial score (nSPS) is 19.1. The van der Waals surface area contributed by atoms with Crippen molar-refractivity contribution in [3.8, 4) is 0 Å². The van der Waals surface area contributed by atoms with Crippen LogP contribution in [0.25, 0.3) is 4.91 Å². The second-order valence-electron chi connectivity index (χ2n) is 6.97. The Morgan fingerprint density at radius 3 is 2.32 bits per heavy atom. The van der Waals surface area contributed by atoms with E-state index in [1.165, 1.54) is 6.26 Å². The summed E-state index contributed by atoms with van der Waals surface area (Å²) in [7, 11) is -3.74. The smallest absolute Gasteiger partial charge is 0.289 e. The van der Waals surface area contributed by atoms with E-state index in [9.17, 15) is 13.2 Å². The number of furan rings is 1. The summed E-state index contributed by atoms with van der Waals surface area (Å²) in [6.45, 7) is 5.73. The Balaban J connectivity index is 1.54. The van der Waals surface area contributed by atoms with Gasteiger partial charge in [0.2, 0.25) is 0 Å². The van der Waals surface area contributed by atoms with E-state index in [2.05, 4.69) is 4.40 Å². The maximum atomic E-state index is 12.7. The van der Waals surface area contributed by atoms with E-state index >= 15 is 0 Å². The molecule has 146 valence electrons. The highest BCUT2D eigenvalue weighted by atomic mass is 32.2. The molecule has 0 spiro atoms. The summed E-state index contributed by atoms with van der Waals surface area (Å²) in [6, 6.07) is 10.7. The maximum Gasteiger partial charge on any atom is 0.289 e. The second-order valence-corrected chi connectivity index (χ2v) is 8.51. The Labute approximate surface area is 164 Å². The Bertz CT molecular complexity index is 1060. The molecule has 3 heterocycles. The molecule has 0 aliphatic carbocycles. The molecule has 1 aromatic carbocycles. The molecule has 0 N–H and O–H groups in total. The Hall–Kier alpha value is -2.87. The molecule has 2 aliphatic heterocycles. The van der Waals surface area contributed by atoms with E-state index in [1.54, 1.807) is 24.0 Å². The first-order chi connectivity index (χ1) is 13.4. The minimum absolute atomic E-state index is 0.154. The highest BCUT2D eigenvalue weighted by Crippen LogP contribution is 2.34. The van der Waals surface area contributed by atoms with Crippen LogP contribution < -0.4 is 0 Å². The summed E-state index contributed by atoms with van der Waals surface area (Å²) in [5.41, 5.74) is 2.36. The Morgan fingerprint density at radius 2 is 1.71 bits per heavy atom. The molecule has 0 saturated carbocycles. The van der Waals surface area contributed by atoms with Crippen LogP contribution in [-0.2, 0) is 10.0 Å². The summed E-state index contributed by atoms with van der Waals surface area (Å²) in [6.07, 6.45) is 1.47. The molecule has 4 rings (SSSR count). The first-order valence-corrected chi connectivity index (χ1v) is 10.5. The van der Waals surface area contributed by atoms with Crippen molar-refractivity contribution in [3.05, 3.63) is 65.1 Å². The number of benzene rings is 1. The van der Waals surface area contributed by atoms with Gasteiger partial charge in [0.05, 0.1) is 6.26 Å². The van der Waals surface area contributed by atoms with Crippen molar-refractivity contribution >= 4 is 26.7 Å². The van der Waals surface area contributed by atoms with Gasteiger partial charge < -0.3 is 14.2 Å². The molecule has 8 heteroatoms. The predicted molar refractivity (Wildman–Crippen MR) is 106 cm³/mol. The number of carbonyl (C=O) groups is 1. The van der Waals surface area contributed by atoms with E-state index in [0.717, 1.165) is 5.56 Å². The third kappa shape index (κ3) is 3.24. The van der Waals surface area contributed by atoms with E-state index < -0.39 is 10.0 Å². The number of amides is 1. The molecule has 0 atom stereocenters. The molecule has 7 nitrogen and oxygen atoms in total. The van der Waals surface area contributed by atoms with Gasteiger partial charge >= 0.3 is 0 Å². The van der Waals surface area contributed by atoms with E-state index in [-0.39, 0.29) is 10.8 Å². The Morgan fingerprint density at radius 1 is 1.04 bits per heavy atom. The van der Waals surface area contributed by atoms with Crippen LogP contribution in [-0.4, -0.2) is 56.1 Å². The Kier molecular flexibility index (Phi) is 4.58. The number of carbonyl (C=O) groups excluding carboxylic acids is 1. The van der Waals surface area contributed by atoms with Gasteiger partial charge in [-0.3, -0.25) is 4.79 Å². The molecule has 0 unspecified atom stereocenters. The molecule has 1 fully saturated rings. The summed E-state index contributed by atoms with van der Waals surface area (Å²) < 4.78 is 34.6. The van der Waals surface area contributed by atoms with Crippen molar-refractivity contribution in [1.82, 2.24) is 9.80 Å².